The molecular formula is C49H36BrNS2. The minimum Gasteiger partial charge on any atom is -0.399 e. The summed E-state index contributed by atoms with van der Waals surface area (Å²) in [6.45, 7) is 0. The maximum atomic E-state index is 5.36. The molecule has 0 atom stereocenters. The van der Waals surface area contributed by atoms with Gasteiger partial charge in [0.25, 0.3) is 0 Å². The van der Waals surface area contributed by atoms with Crippen LogP contribution < -0.4 is 5.73 Å². The molecule has 0 spiro atoms. The van der Waals surface area contributed by atoms with Gasteiger partial charge in [0.2, 0.25) is 0 Å². The molecule has 0 aliphatic heterocycles. The predicted octanol–water partition coefficient (Wildman–Crippen LogP) is 15.1. The Morgan fingerprint density at radius 3 is 1.40 bits per heavy atom. The molecule has 4 heteroatoms. The van der Waals surface area contributed by atoms with E-state index in [0.717, 1.165) is 16.6 Å². The van der Waals surface area contributed by atoms with Crippen LogP contribution in [0.5, 0.6) is 0 Å². The first-order valence-corrected chi connectivity index (χ1v) is 20.0. The molecule has 53 heavy (non-hydrogen) atoms. The van der Waals surface area contributed by atoms with Crippen molar-refractivity contribution in [1.29, 1.82) is 0 Å². The average Bonchev–Trinajstić information content (AvgIpc) is 3.78. The Morgan fingerprint density at radius 1 is 0.396 bits per heavy atom. The SMILES string of the molecule is Brc1cccc(-c2cccc3c2sc2ccccc23)c1.Nc1ccccc1.c1ccc(Cc2cccc(-c3cccc4c3sc3ccccc34)c2)cc1. The smallest absolute Gasteiger partial charge is 0.0433 e. The van der Waals surface area contributed by atoms with Gasteiger partial charge in [0, 0.05) is 50.5 Å². The lowest BCUT2D eigenvalue weighted by atomic mass is 9.98. The number of fused-ring (bicyclic) bond motifs is 6. The Kier molecular flexibility index (Phi) is 10.4. The quantitative estimate of drug-likeness (QED) is 0.177. The summed E-state index contributed by atoms with van der Waals surface area (Å²) in [6, 6.07) is 68.2. The van der Waals surface area contributed by atoms with Gasteiger partial charge < -0.3 is 5.73 Å². The Morgan fingerprint density at radius 2 is 0.849 bits per heavy atom. The van der Waals surface area contributed by atoms with E-state index >= 15 is 0 Å². The van der Waals surface area contributed by atoms with Crippen molar-refractivity contribution in [3.63, 3.8) is 0 Å². The molecule has 2 N–H and O–H groups in total. The Labute approximate surface area is 326 Å². The van der Waals surface area contributed by atoms with Crippen LogP contribution in [-0.2, 0) is 6.42 Å². The number of rotatable bonds is 4. The lowest BCUT2D eigenvalue weighted by molar-refractivity contribution is 1.19. The molecule has 0 bridgehead atoms. The highest BCUT2D eigenvalue weighted by Gasteiger charge is 2.11. The fraction of sp³-hybridized carbons (Fsp3) is 0.0204. The highest BCUT2D eigenvalue weighted by molar-refractivity contribution is 9.10. The molecular weight excluding hydrogens is 747 g/mol. The van der Waals surface area contributed by atoms with E-state index in [9.17, 15) is 0 Å². The summed E-state index contributed by atoms with van der Waals surface area (Å²) in [6.07, 6.45) is 0.969. The largest absolute Gasteiger partial charge is 0.399 e. The van der Waals surface area contributed by atoms with Crippen molar-refractivity contribution in [2.24, 2.45) is 0 Å². The van der Waals surface area contributed by atoms with Crippen LogP contribution in [0.3, 0.4) is 0 Å². The second kappa shape index (κ2) is 16.0. The molecule has 0 fully saturated rings. The molecule has 2 aromatic heterocycles. The molecule has 0 radical (unpaired) electrons. The zero-order chi connectivity index (χ0) is 36.0. The van der Waals surface area contributed by atoms with Gasteiger partial charge in [0.15, 0.2) is 0 Å². The summed E-state index contributed by atoms with van der Waals surface area (Å²) in [5.41, 5.74) is 14.1. The van der Waals surface area contributed by atoms with Gasteiger partial charge in [-0.05, 0) is 76.2 Å². The second-order valence-electron chi connectivity index (χ2n) is 12.8. The van der Waals surface area contributed by atoms with Crippen molar-refractivity contribution in [2.75, 3.05) is 5.73 Å². The molecule has 2 heterocycles. The Balaban J connectivity index is 0.000000131. The van der Waals surface area contributed by atoms with Gasteiger partial charge in [0.05, 0.1) is 0 Å². The van der Waals surface area contributed by atoms with Crippen LogP contribution >= 0.6 is 38.6 Å². The number of halogens is 1. The maximum Gasteiger partial charge on any atom is 0.0433 e. The van der Waals surface area contributed by atoms with Gasteiger partial charge in [-0.15, -0.1) is 22.7 Å². The molecule has 0 saturated heterocycles. The number of thiophene rings is 2. The third-order valence-corrected chi connectivity index (χ3v) is 12.2. The van der Waals surface area contributed by atoms with Crippen molar-refractivity contribution < 1.29 is 0 Å². The van der Waals surface area contributed by atoms with Crippen LogP contribution in [0.2, 0.25) is 0 Å². The average molecular weight is 783 g/mol. The van der Waals surface area contributed by atoms with Gasteiger partial charge in [0.1, 0.15) is 0 Å². The number of nitrogens with two attached hydrogens (primary N) is 1. The number of hydrogen-bond donors (Lipinski definition) is 1. The van der Waals surface area contributed by atoms with E-state index in [-0.39, 0.29) is 0 Å². The first-order valence-electron chi connectivity index (χ1n) is 17.6. The number of para-hydroxylation sites is 1. The molecule has 0 unspecified atom stereocenters. The second-order valence-corrected chi connectivity index (χ2v) is 15.9. The first-order chi connectivity index (χ1) is 26.1. The van der Waals surface area contributed by atoms with Crippen molar-refractivity contribution in [3.8, 4) is 22.3 Å². The van der Waals surface area contributed by atoms with E-state index in [0.29, 0.717) is 0 Å². The van der Waals surface area contributed by atoms with Gasteiger partial charge in [-0.1, -0.05) is 174 Å². The fourth-order valence-electron chi connectivity index (χ4n) is 6.74. The minimum atomic E-state index is 0.822. The summed E-state index contributed by atoms with van der Waals surface area (Å²) in [7, 11) is 0. The van der Waals surface area contributed by atoms with Crippen LogP contribution in [0.15, 0.2) is 199 Å². The van der Waals surface area contributed by atoms with Gasteiger partial charge in [-0.2, -0.15) is 0 Å². The van der Waals surface area contributed by atoms with Crippen LogP contribution in [-0.4, -0.2) is 0 Å². The van der Waals surface area contributed by atoms with Crippen LogP contribution in [0.1, 0.15) is 11.1 Å². The molecule has 0 saturated carbocycles. The summed E-state index contributed by atoms with van der Waals surface area (Å²) in [5.74, 6) is 0. The molecule has 10 rings (SSSR count). The zero-order valence-corrected chi connectivity index (χ0v) is 32.2. The number of benzene rings is 8. The van der Waals surface area contributed by atoms with Crippen molar-refractivity contribution in [2.45, 2.75) is 6.42 Å². The van der Waals surface area contributed by atoms with Gasteiger partial charge in [-0.25, -0.2) is 0 Å². The molecule has 0 aliphatic carbocycles. The summed E-state index contributed by atoms with van der Waals surface area (Å²) >= 11 is 7.33. The van der Waals surface area contributed by atoms with E-state index in [4.69, 9.17) is 5.73 Å². The highest BCUT2D eigenvalue weighted by Crippen LogP contribution is 2.41. The summed E-state index contributed by atoms with van der Waals surface area (Å²) in [4.78, 5) is 0. The minimum absolute atomic E-state index is 0.822. The normalized spacial score (nSPS) is 10.9. The number of nitrogen functional groups attached to an aromatic ring is 1. The van der Waals surface area contributed by atoms with E-state index in [2.05, 4.69) is 180 Å². The lowest BCUT2D eigenvalue weighted by Gasteiger charge is -2.07. The van der Waals surface area contributed by atoms with Gasteiger partial charge >= 0.3 is 0 Å². The molecule has 8 aromatic carbocycles. The van der Waals surface area contributed by atoms with E-state index in [1.807, 2.05) is 53.0 Å². The van der Waals surface area contributed by atoms with E-state index < -0.39 is 0 Å². The monoisotopic (exact) mass is 781 g/mol. The lowest BCUT2D eigenvalue weighted by Crippen LogP contribution is -1.88. The molecule has 0 aliphatic rings. The van der Waals surface area contributed by atoms with Crippen LogP contribution in [0, 0.1) is 0 Å². The van der Waals surface area contributed by atoms with Crippen molar-refractivity contribution in [1.82, 2.24) is 0 Å². The number of anilines is 1. The van der Waals surface area contributed by atoms with Gasteiger partial charge in [-0.3, -0.25) is 0 Å². The third kappa shape index (κ3) is 7.81. The van der Waals surface area contributed by atoms with Crippen molar-refractivity contribution >= 4 is 84.6 Å². The fourth-order valence-corrected chi connectivity index (χ4v) is 9.61. The topological polar surface area (TPSA) is 26.0 Å². The highest BCUT2D eigenvalue weighted by atomic mass is 79.9. The summed E-state index contributed by atoms with van der Waals surface area (Å²) in [5, 5.41) is 5.42. The molecule has 256 valence electrons. The Bertz CT molecular complexity index is 2780. The zero-order valence-electron chi connectivity index (χ0n) is 29.0. The molecule has 10 aromatic rings. The summed E-state index contributed by atoms with van der Waals surface area (Å²) < 4.78 is 6.57. The van der Waals surface area contributed by atoms with E-state index in [1.54, 1.807) is 0 Å². The standard InChI is InChI=1S/C25H18S.C18H11BrS.C6H7N/c1-2-8-18(9-3-1)16-19-10-6-11-20(17-19)21-13-7-14-23-22-12-4-5-15-24(22)26-25(21)23;19-13-6-3-5-12(11-13)14-8-4-9-16-15-7-1-2-10-17(15)20-18(14)16;7-6-4-2-1-3-5-6/h1-15,17H,16H2;1-11H;1-5H,7H2. The number of hydrogen-bond acceptors (Lipinski definition) is 3. The Hall–Kier alpha value is -5.52. The van der Waals surface area contributed by atoms with Crippen LogP contribution in [0.4, 0.5) is 5.69 Å². The first kappa shape index (κ1) is 34.6. The molecule has 1 nitrogen and oxygen atoms in total. The maximum absolute atomic E-state index is 5.36. The van der Waals surface area contributed by atoms with Crippen molar-refractivity contribution in [3.05, 3.63) is 210 Å². The molecule has 0 amide bonds. The van der Waals surface area contributed by atoms with E-state index in [1.165, 1.54) is 73.7 Å². The third-order valence-electron chi connectivity index (χ3n) is 9.23. The predicted molar refractivity (Wildman–Crippen MR) is 237 cm³/mol. The van der Waals surface area contributed by atoms with Crippen LogP contribution in [0.25, 0.3) is 62.6 Å².